The average molecular weight is 375 g/mol. The molecular weight excluding hydrogens is 354 g/mol. The molecule has 0 aliphatic carbocycles. The average Bonchev–Trinajstić information content (AvgIpc) is 3.14. The minimum absolute atomic E-state index is 0.0300. The van der Waals surface area contributed by atoms with Gasteiger partial charge in [-0.25, -0.2) is 4.98 Å². The van der Waals surface area contributed by atoms with E-state index in [1.165, 1.54) is 0 Å². The Bertz CT molecular complexity index is 967. The lowest BCUT2D eigenvalue weighted by molar-refractivity contribution is -0.131. The highest BCUT2D eigenvalue weighted by Gasteiger charge is 2.25. The molecule has 0 bridgehead atoms. The number of carbonyl (C=O) groups excluding carboxylic acids is 2. The van der Waals surface area contributed by atoms with Crippen LogP contribution in [-0.4, -0.2) is 34.8 Å². The lowest BCUT2D eigenvalue weighted by Crippen LogP contribution is -2.42. The SMILES string of the molecule is O=C(NCC(=O)N1CCc2oc(Cc3ccccc3)nc2C1)c1ccccc1. The largest absolute Gasteiger partial charge is 0.445 e. The summed E-state index contributed by atoms with van der Waals surface area (Å²) in [4.78, 5) is 30.9. The van der Waals surface area contributed by atoms with Gasteiger partial charge in [0.15, 0.2) is 5.89 Å². The van der Waals surface area contributed by atoms with Crippen LogP contribution in [-0.2, 0) is 24.2 Å². The molecule has 1 aliphatic rings. The molecule has 0 radical (unpaired) electrons. The molecule has 0 fully saturated rings. The van der Waals surface area contributed by atoms with E-state index in [4.69, 9.17) is 4.42 Å². The lowest BCUT2D eigenvalue weighted by atomic mass is 10.1. The van der Waals surface area contributed by atoms with Crippen LogP contribution in [0.4, 0.5) is 0 Å². The Kier molecular flexibility index (Phi) is 5.19. The molecule has 6 heteroatoms. The van der Waals surface area contributed by atoms with E-state index < -0.39 is 0 Å². The molecule has 0 atom stereocenters. The van der Waals surface area contributed by atoms with Gasteiger partial charge in [-0.1, -0.05) is 48.5 Å². The summed E-state index contributed by atoms with van der Waals surface area (Å²) in [5.74, 6) is 1.15. The Morgan fingerprint density at radius 1 is 1.04 bits per heavy atom. The first-order chi connectivity index (χ1) is 13.7. The maximum absolute atomic E-state index is 12.5. The molecule has 6 nitrogen and oxygen atoms in total. The number of oxazole rings is 1. The van der Waals surface area contributed by atoms with Crippen molar-refractivity contribution in [3.8, 4) is 0 Å². The fraction of sp³-hybridized carbons (Fsp3) is 0.227. The molecule has 2 amide bonds. The highest BCUT2D eigenvalue weighted by molar-refractivity contribution is 5.96. The first-order valence-corrected chi connectivity index (χ1v) is 9.31. The Morgan fingerprint density at radius 3 is 2.50 bits per heavy atom. The Labute approximate surface area is 163 Å². The van der Waals surface area contributed by atoms with Crippen molar-refractivity contribution in [1.29, 1.82) is 0 Å². The van der Waals surface area contributed by atoms with Crippen LogP contribution in [0.5, 0.6) is 0 Å². The molecule has 0 spiro atoms. The number of fused-ring (bicyclic) bond motifs is 1. The van der Waals surface area contributed by atoms with Gasteiger partial charge in [0.05, 0.1) is 13.1 Å². The molecule has 0 saturated heterocycles. The minimum atomic E-state index is -0.252. The maximum Gasteiger partial charge on any atom is 0.251 e. The number of nitrogens with zero attached hydrogens (tertiary/aromatic N) is 2. The number of hydrogen-bond donors (Lipinski definition) is 1. The van der Waals surface area contributed by atoms with Gasteiger partial charge in [-0.3, -0.25) is 9.59 Å². The second-order valence-electron chi connectivity index (χ2n) is 6.75. The van der Waals surface area contributed by atoms with E-state index in [0.717, 1.165) is 17.0 Å². The first kappa shape index (κ1) is 18.0. The number of rotatable bonds is 5. The molecule has 3 aromatic rings. The molecule has 1 aliphatic heterocycles. The van der Waals surface area contributed by atoms with Crippen LogP contribution in [0, 0.1) is 0 Å². The fourth-order valence-corrected chi connectivity index (χ4v) is 3.27. The lowest BCUT2D eigenvalue weighted by Gasteiger charge is -2.25. The van der Waals surface area contributed by atoms with E-state index in [1.807, 2.05) is 36.4 Å². The topological polar surface area (TPSA) is 75.4 Å². The molecule has 1 N–H and O–H groups in total. The normalized spacial score (nSPS) is 13.1. The zero-order valence-electron chi connectivity index (χ0n) is 15.4. The van der Waals surface area contributed by atoms with Crippen LogP contribution in [0.3, 0.4) is 0 Å². The molecule has 4 rings (SSSR count). The van der Waals surface area contributed by atoms with Crippen molar-refractivity contribution >= 4 is 11.8 Å². The van der Waals surface area contributed by atoms with Gasteiger partial charge in [-0.2, -0.15) is 0 Å². The van der Waals surface area contributed by atoms with Crippen LogP contribution >= 0.6 is 0 Å². The Balaban J connectivity index is 1.34. The number of amides is 2. The van der Waals surface area contributed by atoms with E-state index in [9.17, 15) is 9.59 Å². The number of nitrogens with one attached hydrogen (secondary N) is 1. The van der Waals surface area contributed by atoms with E-state index in [-0.39, 0.29) is 18.4 Å². The van der Waals surface area contributed by atoms with Crippen LogP contribution in [0.1, 0.15) is 33.3 Å². The van der Waals surface area contributed by atoms with Crippen molar-refractivity contribution in [3.63, 3.8) is 0 Å². The number of hydrogen-bond acceptors (Lipinski definition) is 4. The van der Waals surface area contributed by atoms with Gasteiger partial charge in [0.1, 0.15) is 11.5 Å². The van der Waals surface area contributed by atoms with Gasteiger partial charge in [0, 0.05) is 24.9 Å². The van der Waals surface area contributed by atoms with Gasteiger partial charge >= 0.3 is 0 Å². The van der Waals surface area contributed by atoms with Gasteiger partial charge in [-0.05, 0) is 17.7 Å². The first-order valence-electron chi connectivity index (χ1n) is 9.31. The van der Waals surface area contributed by atoms with Crippen molar-refractivity contribution in [2.24, 2.45) is 0 Å². The standard InChI is InChI=1S/C22H21N3O3/c26-21(14-23-22(27)17-9-5-2-6-10-17)25-12-11-19-18(15-25)24-20(28-19)13-16-7-3-1-4-8-16/h1-10H,11-15H2,(H,23,27). The third kappa shape index (κ3) is 4.11. The predicted octanol–water partition coefficient (Wildman–Crippen LogP) is 2.58. The summed E-state index contributed by atoms with van der Waals surface area (Å²) in [6, 6.07) is 18.9. The summed E-state index contributed by atoms with van der Waals surface area (Å²) < 4.78 is 5.88. The fourth-order valence-electron chi connectivity index (χ4n) is 3.27. The van der Waals surface area contributed by atoms with E-state index >= 15 is 0 Å². The van der Waals surface area contributed by atoms with Crippen LogP contribution in [0.2, 0.25) is 0 Å². The summed E-state index contributed by atoms with van der Waals surface area (Å²) in [6.07, 6.45) is 1.27. The van der Waals surface area contributed by atoms with E-state index in [1.54, 1.807) is 29.2 Å². The predicted molar refractivity (Wildman–Crippen MR) is 104 cm³/mol. The second kappa shape index (κ2) is 8.08. The zero-order valence-corrected chi connectivity index (χ0v) is 15.4. The molecular formula is C22H21N3O3. The minimum Gasteiger partial charge on any atom is -0.445 e. The molecule has 0 unspecified atom stereocenters. The third-order valence-electron chi connectivity index (χ3n) is 4.76. The smallest absolute Gasteiger partial charge is 0.251 e. The summed E-state index contributed by atoms with van der Waals surface area (Å²) in [6.45, 7) is 0.943. The van der Waals surface area contributed by atoms with Crippen molar-refractivity contribution in [1.82, 2.24) is 15.2 Å². The molecule has 2 aromatic carbocycles. The number of carbonyl (C=O) groups is 2. The molecule has 2 heterocycles. The van der Waals surface area contributed by atoms with Crippen LogP contribution in [0.25, 0.3) is 0 Å². The number of benzene rings is 2. The van der Waals surface area contributed by atoms with E-state index in [2.05, 4.69) is 10.3 Å². The van der Waals surface area contributed by atoms with Gasteiger partial charge in [0.2, 0.25) is 5.91 Å². The number of aromatic nitrogens is 1. The van der Waals surface area contributed by atoms with Gasteiger partial charge in [-0.15, -0.1) is 0 Å². The van der Waals surface area contributed by atoms with Crippen LogP contribution < -0.4 is 5.32 Å². The second-order valence-corrected chi connectivity index (χ2v) is 6.75. The Morgan fingerprint density at radius 2 is 1.75 bits per heavy atom. The van der Waals surface area contributed by atoms with Gasteiger partial charge in [0.25, 0.3) is 5.91 Å². The Hall–Kier alpha value is -3.41. The molecule has 142 valence electrons. The monoisotopic (exact) mass is 375 g/mol. The summed E-state index contributed by atoms with van der Waals surface area (Å²) >= 11 is 0. The van der Waals surface area contributed by atoms with Crippen molar-refractivity contribution in [2.45, 2.75) is 19.4 Å². The summed E-state index contributed by atoms with van der Waals surface area (Å²) in [5, 5.41) is 2.68. The van der Waals surface area contributed by atoms with E-state index in [0.29, 0.717) is 37.4 Å². The summed E-state index contributed by atoms with van der Waals surface area (Å²) in [5.41, 5.74) is 2.48. The van der Waals surface area contributed by atoms with Crippen molar-refractivity contribution in [2.75, 3.05) is 13.1 Å². The highest BCUT2D eigenvalue weighted by Crippen LogP contribution is 2.21. The van der Waals surface area contributed by atoms with Gasteiger partial charge < -0.3 is 14.6 Å². The molecule has 0 saturated carbocycles. The zero-order chi connectivity index (χ0) is 19.3. The third-order valence-corrected chi connectivity index (χ3v) is 4.76. The van der Waals surface area contributed by atoms with Crippen molar-refractivity contribution in [3.05, 3.63) is 89.1 Å². The highest BCUT2D eigenvalue weighted by atomic mass is 16.4. The van der Waals surface area contributed by atoms with Crippen LogP contribution in [0.15, 0.2) is 65.1 Å². The quantitative estimate of drug-likeness (QED) is 0.744. The summed E-state index contributed by atoms with van der Waals surface area (Å²) in [7, 11) is 0. The maximum atomic E-state index is 12.5. The molecule has 28 heavy (non-hydrogen) atoms. The molecule has 1 aromatic heterocycles. The van der Waals surface area contributed by atoms with Crippen molar-refractivity contribution < 1.29 is 14.0 Å².